The van der Waals surface area contributed by atoms with Gasteiger partial charge in [0.05, 0.1) is 16.4 Å². The Morgan fingerprint density at radius 3 is 2.85 bits per heavy atom. The normalized spacial score (nSPS) is 11.6. The van der Waals surface area contributed by atoms with E-state index in [4.69, 9.17) is 16.6 Å². The van der Waals surface area contributed by atoms with Gasteiger partial charge in [0.2, 0.25) is 0 Å². The molecule has 0 bridgehead atoms. The number of hydrogen-bond donors (Lipinski definition) is 1. The van der Waals surface area contributed by atoms with Gasteiger partial charge in [0, 0.05) is 34.4 Å². The number of nitrogens with zero attached hydrogens (tertiary/aromatic N) is 4. The number of aromatic nitrogens is 3. The largest absolute Gasteiger partial charge is 0.370 e. The molecule has 0 saturated carbocycles. The second-order valence-corrected chi connectivity index (χ2v) is 10.2. The summed E-state index contributed by atoms with van der Waals surface area (Å²) in [4.78, 5) is 7.14. The van der Waals surface area contributed by atoms with Gasteiger partial charge in [-0.2, -0.15) is 9.61 Å². The van der Waals surface area contributed by atoms with Crippen LogP contribution in [0.15, 0.2) is 70.6 Å². The van der Waals surface area contributed by atoms with E-state index >= 15 is 0 Å². The van der Waals surface area contributed by atoms with Crippen LogP contribution < -0.4 is 5.32 Å². The molecule has 0 radical (unpaired) electrons. The van der Waals surface area contributed by atoms with E-state index in [1.807, 2.05) is 46.2 Å². The molecule has 3 aromatic heterocycles. The van der Waals surface area contributed by atoms with Crippen molar-refractivity contribution in [3.05, 3.63) is 81.2 Å². The number of fused-ring (bicyclic) bond motifs is 2. The van der Waals surface area contributed by atoms with E-state index in [9.17, 15) is 0 Å². The van der Waals surface area contributed by atoms with E-state index in [2.05, 4.69) is 67.9 Å². The number of hydrogen-bond acceptors (Lipinski definition) is 5. The van der Waals surface area contributed by atoms with Crippen LogP contribution >= 0.6 is 38.9 Å². The molecule has 5 aromatic rings. The van der Waals surface area contributed by atoms with Gasteiger partial charge in [0.1, 0.15) is 5.82 Å². The minimum absolute atomic E-state index is 0.679. The van der Waals surface area contributed by atoms with Gasteiger partial charge in [-0.15, -0.1) is 11.3 Å². The van der Waals surface area contributed by atoms with Gasteiger partial charge < -0.3 is 10.2 Å². The molecule has 0 saturated heterocycles. The van der Waals surface area contributed by atoms with Crippen molar-refractivity contribution in [2.45, 2.75) is 13.0 Å². The van der Waals surface area contributed by atoms with E-state index in [-0.39, 0.29) is 0 Å². The molecule has 0 atom stereocenters. The van der Waals surface area contributed by atoms with Crippen molar-refractivity contribution in [2.24, 2.45) is 0 Å². The predicted molar refractivity (Wildman–Crippen MR) is 142 cm³/mol. The topological polar surface area (TPSA) is 45.5 Å². The molecule has 5 rings (SSSR count). The lowest BCUT2D eigenvalue weighted by molar-refractivity contribution is 0.327. The van der Waals surface area contributed by atoms with Crippen LogP contribution in [0, 0.1) is 0 Å². The summed E-state index contributed by atoms with van der Waals surface area (Å²) in [5.41, 5.74) is 3.88. The van der Waals surface area contributed by atoms with Gasteiger partial charge in [-0.25, -0.2) is 4.98 Å². The maximum atomic E-state index is 6.43. The van der Waals surface area contributed by atoms with E-state index in [1.54, 1.807) is 6.20 Å². The smallest absolute Gasteiger partial charge is 0.172 e. The Labute approximate surface area is 210 Å². The van der Waals surface area contributed by atoms with Gasteiger partial charge in [0.15, 0.2) is 5.65 Å². The third-order valence-electron chi connectivity index (χ3n) is 5.60. The molecule has 168 valence electrons. The molecule has 0 aliphatic heterocycles. The highest BCUT2D eigenvalue weighted by Gasteiger charge is 2.13. The zero-order valence-electron chi connectivity index (χ0n) is 18.1. The Morgan fingerprint density at radius 2 is 1.97 bits per heavy atom. The summed E-state index contributed by atoms with van der Waals surface area (Å²) in [5, 5.41) is 12.3. The fourth-order valence-electron chi connectivity index (χ4n) is 3.96. The van der Waals surface area contributed by atoms with E-state index in [0.717, 1.165) is 53.3 Å². The molecule has 2 aromatic carbocycles. The Hall–Kier alpha value is -2.45. The predicted octanol–water partition coefficient (Wildman–Crippen LogP) is 6.96. The summed E-state index contributed by atoms with van der Waals surface area (Å²) in [7, 11) is 2.18. The first-order valence-corrected chi connectivity index (χ1v) is 12.8. The van der Waals surface area contributed by atoms with Crippen LogP contribution in [0.5, 0.6) is 0 Å². The van der Waals surface area contributed by atoms with Gasteiger partial charge in [0.25, 0.3) is 0 Å². The highest BCUT2D eigenvalue weighted by molar-refractivity contribution is 9.10. The molecule has 3 heterocycles. The molecular formula is C25H23BrClN5S. The Kier molecular flexibility index (Phi) is 6.64. The minimum Gasteiger partial charge on any atom is -0.370 e. The zero-order valence-corrected chi connectivity index (χ0v) is 21.3. The average Bonchev–Trinajstić information content (AvgIpc) is 3.41. The maximum Gasteiger partial charge on any atom is 0.172 e. The van der Waals surface area contributed by atoms with Crippen LogP contribution in [0.3, 0.4) is 0 Å². The summed E-state index contributed by atoms with van der Waals surface area (Å²) < 4.78 is 4.03. The van der Waals surface area contributed by atoms with Gasteiger partial charge >= 0.3 is 0 Å². The van der Waals surface area contributed by atoms with E-state index < -0.39 is 0 Å². The number of nitrogens with one attached hydrogen (secondary N) is 1. The zero-order chi connectivity index (χ0) is 22.8. The number of anilines is 1. The molecular weight excluding hydrogens is 518 g/mol. The molecule has 1 N–H and O–H groups in total. The van der Waals surface area contributed by atoms with Crippen molar-refractivity contribution < 1.29 is 0 Å². The monoisotopic (exact) mass is 539 g/mol. The summed E-state index contributed by atoms with van der Waals surface area (Å²) in [5.74, 6) is 0.895. The van der Waals surface area contributed by atoms with Gasteiger partial charge in [-0.3, -0.25) is 0 Å². The maximum absolute atomic E-state index is 6.43. The minimum atomic E-state index is 0.679. The standard InChI is InChI=1S/C25H23BrClN5S/c1-31(15-17-16-33-23-10-5-3-7-18(17)23)12-6-11-28-24-13-22(19-8-2-4-9-21(19)27)30-25-20(26)14-29-32(24)25/h2-5,7-10,13-14,16,28H,6,11-12,15H2,1H3. The fourth-order valence-corrected chi connectivity index (χ4v) is 5.49. The highest BCUT2D eigenvalue weighted by atomic mass is 79.9. The molecule has 0 unspecified atom stereocenters. The van der Waals surface area contributed by atoms with Crippen LogP contribution in [0.4, 0.5) is 5.82 Å². The van der Waals surface area contributed by atoms with Crippen molar-refractivity contribution in [1.29, 1.82) is 0 Å². The van der Waals surface area contributed by atoms with Crippen LogP contribution in [0.2, 0.25) is 5.02 Å². The summed E-state index contributed by atoms with van der Waals surface area (Å²) in [6.07, 6.45) is 2.77. The van der Waals surface area contributed by atoms with Crippen molar-refractivity contribution in [1.82, 2.24) is 19.5 Å². The third-order valence-corrected chi connectivity index (χ3v) is 7.50. The molecule has 5 nitrogen and oxygen atoms in total. The molecule has 0 amide bonds. The summed E-state index contributed by atoms with van der Waals surface area (Å²) >= 11 is 11.8. The lowest BCUT2D eigenvalue weighted by atomic mass is 10.1. The first kappa shape index (κ1) is 22.3. The SMILES string of the molecule is CN(CCCNc1cc(-c2ccccc2Cl)nc2c(Br)cnn12)Cc1csc2ccccc12. The van der Waals surface area contributed by atoms with Gasteiger partial charge in [-0.1, -0.05) is 48.0 Å². The Bertz CT molecular complexity index is 1410. The first-order chi connectivity index (χ1) is 16.1. The third kappa shape index (κ3) is 4.77. The lowest BCUT2D eigenvalue weighted by Crippen LogP contribution is -2.21. The first-order valence-electron chi connectivity index (χ1n) is 10.8. The molecule has 0 aliphatic rings. The number of halogens is 2. The van der Waals surface area contributed by atoms with Crippen molar-refractivity contribution >= 4 is 60.4 Å². The second kappa shape index (κ2) is 9.81. The van der Waals surface area contributed by atoms with Crippen LogP contribution in [-0.2, 0) is 6.54 Å². The summed E-state index contributed by atoms with van der Waals surface area (Å²) in [6, 6.07) is 18.4. The van der Waals surface area contributed by atoms with E-state index in [0.29, 0.717) is 5.02 Å². The van der Waals surface area contributed by atoms with Gasteiger partial charge in [-0.05, 0) is 64.4 Å². The van der Waals surface area contributed by atoms with Crippen LogP contribution in [-0.4, -0.2) is 39.6 Å². The fraction of sp³-hybridized carbons (Fsp3) is 0.200. The molecule has 0 fully saturated rings. The van der Waals surface area contributed by atoms with Crippen molar-refractivity contribution in [3.63, 3.8) is 0 Å². The second-order valence-electron chi connectivity index (χ2n) is 8.01. The molecule has 0 aliphatic carbocycles. The Morgan fingerprint density at radius 1 is 1.15 bits per heavy atom. The lowest BCUT2D eigenvalue weighted by Gasteiger charge is -2.17. The van der Waals surface area contributed by atoms with Crippen LogP contribution in [0.1, 0.15) is 12.0 Å². The van der Waals surface area contributed by atoms with Crippen LogP contribution in [0.25, 0.3) is 27.0 Å². The van der Waals surface area contributed by atoms with Crippen molar-refractivity contribution in [2.75, 3.05) is 25.5 Å². The molecule has 8 heteroatoms. The number of benzene rings is 2. The van der Waals surface area contributed by atoms with Crippen molar-refractivity contribution in [3.8, 4) is 11.3 Å². The summed E-state index contributed by atoms with van der Waals surface area (Å²) in [6.45, 7) is 2.77. The average molecular weight is 541 g/mol. The molecule has 33 heavy (non-hydrogen) atoms. The Balaban J connectivity index is 1.26. The molecule has 0 spiro atoms. The number of rotatable bonds is 8. The van der Waals surface area contributed by atoms with E-state index in [1.165, 1.54) is 15.6 Å². The number of thiophene rings is 1. The highest BCUT2D eigenvalue weighted by Crippen LogP contribution is 2.30. The quantitative estimate of drug-likeness (QED) is 0.216.